The average Bonchev–Trinajstić information content (AvgIpc) is 2.47. The van der Waals surface area contributed by atoms with Gasteiger partial charge in [0.05, 0.1) is 6.04 Å². The minimum Gasteiger partial charge on any atom is -0.320 e. The molecule has 4 heteroatoms. The molecule has 0 fully saturated rings. The molecule has 0 aliphatic heterocycles. The topological polar surface area (TPSA) is 46.3 Å². The lowest BCUT2D eigenvalue weighted by Gasteiger charge is -2.21. The molecular formula is C16H19ClN2O. The highest BCUT2D eigenvalue weighted by molar-refractivity contribution is 5.96. The van der Waals surface area contributed by atoms with Gasteiger partial charge in [-0.05, 0) is 24.1 Å². The molecular weight excluding hydrogens is 272 g/mol. The van der Waals surface area contributed by atoms with Crippen LogP contribution in [0.2, 0.25) is 0 Å². The molecule has 0 bridgehead atoms. The van der Waals surface area contributed by atoms with Gasteiger partial charge < -0.3 is 10.6 Å². The van der Waals surface area contributed by atoms with Crippen molar-refractivity contribution in [2.24, 2.45) is 5.73 Å². The van der Waals surface area contributed by atoms with E-state index in [1.165, 1.54) is 0 Å². The van der Waals surface area contributed by atoms with Gasteiger partial charge in [-0.15, -0.1) is 12.4 Å². The Kier molecular flexibility index (Phi) is 6.22. The molecule has 0 aliphatic carbocycles. The Morgan fingerprint density at radius 1 is 1.05 bits per heavy atom. The smallest absolute Gasteiger partial charge is 0.243 e. The summed E-state index contributed by atoms with van der Waals surface area (Å²) in [4.78, 5) is 13.9. The highest BCUT2D eigenvalue weighted by atomic mass is 35.5. The number of hydrogen-bond acceptors (Lipinski definition) is 2. The molecule has 3 nitrogen and oxygen atoms in total. The predicted molar refractivity (Wildman–Crippen MR) is 85.2 cm³/mol. The molecule has 0 aromatic heterocycles. The minimum atomic E-state index is -0.521. The summed E-state index contributed by atoms with van der Waals surface area (Å²) in [5.41, 5.74) is 7.93. The summed E-state index contributed by atoms with van der Waals surface area (Å²) in [5.74, 6) is -0.0740. The van der Waals surface area contributed by atoms with Gasteiger partial charge in [0.1, 0.15) is 0 Å². The largest absolute Gasteiger partial charge is 0.320 e. The lowest BCUT2D eigenvalue weighted by atomic mass is 10.1. The average molecular weight is 291 g/mol. The van der Waals surface area contributed by atoms with E-state index in [4.69, 9.17) is 5.73 Å². The van der Waals surface area contributed by atoms with Crippen LogP contribution in [-0.4, -0.2) is 19.0 Å². The second-order valence-corrected chi connectivity index (χ2v) is 4.53. The fourth-order valence-electron chi connectivity index (χ4n) is 1.98. The van der Waals surface area contributed by atoms with Crippen molar-refractivity contribution < 1.29 is 4.79 Å². The number of halogens is 1. The first-order chi connectivity index (χ1) is 9.18. The van der Waals surface area contributed by atoms with E-state index >= 15 is 0 Å². The molecule has 20 heavy (non-hydrogen) atoms. The predicted octanol–water partition coefficient (Wildman–Crippen LogP) is 2.64. The molecule has 0 saturated carbocycles. The molecule has 0 saturated heterocycles. The van der Waals surface area contributed by atoms with Gasteiger partial charge in [-0.2, -0.15) is 0 Å². The van der Waals surface area contributed by atoms with Crippen LogP contribution < -0.4 is 10.6 Å². The Labute approximate surface area is 125 Å². The molecule has 2 N–H and O–H groups in total. The van der Waals surface area contributed by atoms with Crippen LogP contribution in [-0.2, 0) is 11.2 Å². The van der Waals surface area contributed by atoms with Crippen molar-refractivity contribution in [3.8, 4) is 0 Å². The van der Waals surface area contributed by atoms with Crippen molar-refractivity contribution in [1.82, 2.24) is 0 Å². The zero-order valence-electron chi connectivity index (χ0n) is 11.4. The van der Waals surface area contributed by atoms with Gasteiger partial charge in [0.2, 0.25) is 5.91 Å². The Hall–Kier alpha value is -1.84. The van der Waals surface area contributed by atoms with Crippen LogP contribution in [0.25, 0.3) is 0 Å². The number of para-hydroxylation sites is 1. The third kappa shape index (κ3) is 4.08. The molecule has 0 heterocycles. The zero-order chi connectivity index (χ0) is 13.7. The van der Waals surface area contributed by atoms with Gasteiger partial charge in [0, 0.05) is 12.7 Å². The summed E-state index contributed by atoms with van der Waals surface area (Å²) < 4.78 is 0. The summed E-state index contributed by atoms with van der Waals surface area (Å²) in [6.45, 7) is 0. The maximum Gasteiger partial charge on any atom is 0.243 e. The minimum absolute atomic E-state index is 0. The Morgan fingerprint density at radius 3 is 2.10 bits per heavy atom. The maximum absolute atomic E-state index is 12.2. The van der Waals surface area contributed by atoms with Crippen molar-refractivity contribution in [3.05, 3.63) is 66.2 Å². The summed E-state index contributed by atoms with van der Waals surface area (Å²) in [6.07, 6.45) is 0.552. The molecule has 0 spiro atoms. The second kappa shape index (κ2) is 7.68. The van der Waals surface area contributed by atoms with Gasteiger partial charge in [-0.25, -0.2) is 0 Å². The van der Waals surface area contributed by atoms with E-state index in [-0.39, 0.29) is 18.3 Å². The van der Waals surface area contributed by atoms with Crippen molar-refractivity contribution in [2.45, 2.75) is 12.5 Å². The first-order valence-electron chi connectivity index (χ1n) is 6.30. The Bertz CT molecular complexity index is 531. The Balaban J connectivity index is 0.00000200. The second-order valence-electron chi connectivity index (χ2n) is 4.53. The number of rotatable bonds is 4. The van der Waals surface area contributed by atoms with Gasteiger partial charge in [-0.3, -0.25) is 4.79 Å². The number of benzene rings is 2. The SMILES string of the molecule is CN(C(=O)C(N)Cc1ccccc1)c1ccccc1.Cl. The van der Waals surface area contributed by atoms with Crippen LogP contribution in [0.15, 0.2) is 60.7 Å². The number of carbonyl (C=O) groups excluding carboxylic acids is 1. The third-order valence-electron chi connectivity index (χ3n) is 3.09. The molecule has 106 valence electrons. The van der Waals surface area contributed by atoms with E-state index < -0.39 is 6.04 Å². The molecule has 2 aromatic carbocycles. The summed E-state index contributed by atoms with van der Waals surface area (Å²) in [7, 11) is 1.75. The van der Waals surface area contributed by atoms with E-state index in [0.29, 0.717) is 6.42 Å². The monoisotopic (exact) mass is 290 g/mol. The molecule has 2 rings (SSSR count). The Morgan fingerprint density at radius 2 is 1.55 bits per heavy atom. The van der Waals surface area contributed by atoms with E-state index in [9.17, 15) is 4.79 Å². The van der Waals surface area contributed by atoms with Crippen LogP contribution in [0.4, 0.5) is 5.69 Å². The zero-order valence-corrected chi connectivity index (χ0v) is 12.2. The first kappa shape index (κ1) is 16.2. The quantitative estimate of drug-likeness (QED) is 0.941. The van der Waals surface area contributed by atoms with Crippen LogP contribution in [0.1, 0.15) is 5.56 Å². The fraction of sp³-hybridized carbons (Fsp3) is 0.188. The normalized spacial score (nSPS) is 11.3. The van der Waals surface area contributed by atoms with E-state index in [2.05, 4.69) is 0 Å². The van der Waals surface area contributed by atoms with Gasteiger partial charge >= 0.3 is 0 Å². The van der Waals surface area contributed by atoms with Crippen molar-refractivity contribution in [2.75, 3.05) is 11.9 Å². The first-order valence-corrected chi connectivity index (χ1v) is 6.30. The van der Waals surface area contributed by atoms with Crippen molar-refractivity contribution >= 4 is 24.0 Å². The summed E-state index contributed by atoms with van der Waals surface area (Å²) in [6, 6.07) is 18.8. The molecule has 0 aliphatic rings. The number of anilines is 1. The summed E-state index contributed by atoms with van der Waals surface area (Å²) in [5, 5.41) is 0. The van der Waals surface area contributed by atoms with Gasteiger partial charge in [-0.1, -0.05) is 48.5 Å². The van der Waals surface area contributed by atoms with Crippen molar-refractivity contribution in [3.63, 3.8) is 0 Å². The number of carbonyl (C=O) groups is 1. The number of nitrogens with zero attached hydrogens (tertiary/aromatic N) is 1. The fourth-order valence-corrected chi connectivity index (χ4v) is 1.98. The van der Waals surface area contributed by atoms with Crippen LogP contribution >= 0.6 is 12.4 Å². The molecule has 2 aromatic rings. The maximum atomic E-state index is 12.2. The van der Waals surface area contributed by atoms with Gasteiger partial charge in [0.15, 0.2) is 0 Å². The van der Waals surface area contributed by atoms with Crippen LogP contribution in [0, 0.1) is 0 Å². The highest BCUT2D eigenvalue weighted by Crippen LogP contribution is 2.13. The van der Waals surface area contributed by atoms with Crippen LogP contribution in [0.5, 0.6) is 0 Å². The molecule has 1 amide bonds. The van der Waals surface area contributed by atoms with E-state index in [1.54, 1.807) is 11.9 Å². The van der Waals surface area contributed by atoms with Crippen molar-refractivity contribution in [1.29, 1.82) is 0 Å². The summed E-state index contributed by atoms with van der Waals surface area (Å²) >= 11 is 0. The molecule has 0 radical (unpaired) electrons. The lowest BCUT2D eigenvalue weighted by molar-refractivity contribution is -0.119. The van der Waals surface area contributed by atoms with Gasteiger partial charge in [0.25, 0.3) is 0 Å². The molecule has 1 atom stereocenters. The van der Waals surface area contributed by atoms with E-state index in [1.807, 2.05) is 60.7 Å². The number of nitrogens with two attached hydrogens (primary N) is 1. The lowest BCUT2D eigenvalue weighted by Crippen LogP contribution is -2.43. The molecule has 1 unspecified atom stereocenters. The number of hydrogen-bond donors (Lipinski definition) is 1. The standard InChI is InChI=1S/C16H18N2O.ClH/c1-18(14-10-6-3-7-11-14)16(19)15(17)12-13-8-4-2-5-9-13;/h2-11,15H,12,17H2,1H3;1H. The number of amides is 1. The van der Waals surface area contributed by atoms with Crippen LogP contribution in [0.3, 0.4) is 0 Å². The van der Waals surface area contributed by atoms with E-state index in [0.717, 1.165) is 11.3 Å². The third-order valence-corrected chi connectivity index (χ3v) is 3.09. The number of likely N-dealkylation sites (N-methyl/N-ethyl adjacent to an activating group) is 1. The highest BCUT2D eigenvalue weighted by Gasteiger charge is 2.19.